The summed E-state index contributed by atoms with van der Waals surface area (Å²) >= 11 is 0. The van der Waals surface area contributed by atoms with Crippen LogP contribution in [0.2, 0.25) is 0 Å². The lowest BCUT2D eigenvalue weighted by Gasteiger charge is -2.09. The first-order valence-electron chi connectivity index (χ1n) is 8.19. The molecule has 2 aromatic carbocycles. The van der Waals surface area contributed by atoms with Crippen molar-refractivity contribution in [1.82, 2.24) is 10.3 Å². The molecule has 6 heteroatoms. The highest BCUT2D eigenvalue weighted by molar-refractivity contribution is 5.97. The average molecular weight is 349 g/mol. The fourth-order valence-electron chi connectivity index (χ4n) is 2.47. The molecule has 132 valence electrons. The van der Waals surface area contributed by atoms with Gasteiger partial charge >= 0.3 is 0 Å². The zero-order chi connectivity index (χ0) is 18.5. The molecule has 0 bridgehead atoms. The third-order valence-electron chi connectivity index (χ3n) is 3.82. The highest BCUT2D eigenvalue weighted by atomic mass is 16.4. The van der Waals surface area contributed by atoms with Crippen LogP contribution in [-0.4, -0.2) is 16.8 Å². The van der Waals surface area contributed by atoms with E-state index >= 15 is 0 Å². The van der Waals surface area contributed by atoms with Crippen molar-refractivity contribution in [3.63, 3.8) is 0 Å². The zero-order valence-corrected chi connectivity index (χ0v) is 14.6. The van der Waals surface area contributed by atoms with Crippen LogP contribution in [0.1, 0.15) is 28.7 Å². The van der Waals surface area contributed by atoms with E-state index in [1.165, 1.54) is 6.92 Å². The van der Waals surface area contributed by atoms with Crippen LogP contribution in [0.3, 0.4) is 0 Å². The number of aromatic nitrogens is 1. The van der Waals surface area contributed by atoms with Gasteiger partial charge in [-0.2, -0.15) is 0 Å². The van der Waals surface area contributed by atoms with E-state index < -0.39 is 0 Å². The molecule has 0 saturated carbocycles. The van der Waals surface area contributed by atoms with Crippen LogP contribution in [0.4, 0.5) is 5.69 Å². The molecule has 0 radical (unpaired) electrons. The van der Waals surface area contributed by atoms with E-state index in [2.05, 4.69) is 15.6 Å². The summed E-state index contributed by atoms with van der Waals surface area (Å²) in [5.74, 6) is 0.625. The highest BCUT2D eigenvalue weighted by Gasteiger charge is 2.11. The van der Waals surface area contributed by atoms with Crippen LogP contribution in [-0.2, 0) is 11.3 Å². The molecule has 0 fully saturated rings. The average Bonchev–Trinajstić information content (AvgIpc) is 3.11. The van der Waals surface area contributed by atoms with E-state index in [0.29, 0.717) is 22.9 Å². The minimum atomic E-state index is -0.268. The van der Waals surface area contributed by atoms with Crippen molar-refractivity contribution in [1.29, 1.82) is 0 Å². The van der Waals surface area contributed by atoms with Crippen LogP contribution < -0.4 is 10.6 Å². The van der Waals surface area contributed by atoms with E-state index in [0.717, 1.165) is 11.1 Å². The molecule has 0 atom stereocenters. The Morgan fingerprint density at radius 1 is 1.12 bits per heavy atom. The van der Waals surface area contributed by atoms with E-state index in [4.69, 9.17) is 4.42 Å². The Bertz CT molecular complexity index is 932. The number of nitrogens with zero attached hydrogens (tertiary/aromatic N) is 1. The maximum atomic E-state index is 12.4. The summed E-state index contributed by atoms with van der Waals surface area (Å²) in [5.41, 5.74) is 2.88. The standard InChI is InChI=1S/C20H19N3O3/c1-13-8-9-16(10-17(13)23-14(2)24)20(25)22-12-19-21-11-18(26-19)15-6-4-3-5-7-15/h3-11H,12H2,1-2H3,(H,22,25)(H,23,24). The topological polar surface area (TPSA) is 84.2 Å². The monoisotopic (exact) mass is 349 g/mol. The van der Waals surface area contributed by atoms with Crippen LogP contribution in [0.5, 0.6) is 0 Å². The van der Waals surface area contributed by atoms with Gasteiger partial charge in [0.25, 0.3) is 5.91 Å². The Hall–Kier alpha value is -3.41. The largest absolute Gasteiger partial charge is 0.439 e. The van der Waals surface area contributed by atoms with Gasteiger partial charge in [-0.15, -0.1) is 0 Å². The molecule has 3 rings (SSSR count). The van der Waals surface area contributed by atoms with Gasteiger partial charge in [0.05, 0.1) is 12.7 Å². The molecule has 0 aliphatic heterocycles. The van der Waals surface area contributed by atoms with Crippen LogP contribution in [0.15, 0.2) is 59.1 Å². The number of amides is 2. The van der Waals surface area contributed by atoms with Gasteiger partial charge in [0, 0.05) is 23.7 Å². The van der Waals surface area contributed by atoms with Crippen molar-refractivity contribution in [2.24, 2.45) is 0 Å². The predicted octanol–water partition coefficient (Wildman–Crippen LogP) is 3.54. The molecular formula is C20H19N3O3. The fraction of sp³-hybridized carbons (Fsp3) is 0.150. The first-order chi connectivity index (χ1) is 12.5. The van der Waals surface area contributed by atoms with Gasteiger partial charge in [-0.3, -0.25) is 9.59 Å². The molecule has 0 saturated heterocycles. The highest BCUT2D eigenvalue weighted by Crippen LogP contribution is 2.20. The number of rotatable bonds is 5. The van der Waals surface area contributed by atoms with E-state index in [1.54, 1.807) is 24.4 Å². The molecule has 26 heavy (non-hydrogen) atoms. The Balaban J connectivity index is 1.66. The minimum Gasteiger partial charge on any atom is -0.439 e. The predicted molar refractivity (Wildman–Crippen MR) is 98.6 cm³/mol. The van der Waals surface area contributed by atoms with Crippen molar-refractivity contribution >= 4 is 17.5 Å². The second-order valence-corrected chi connectivity index (χ2v) is 5.88. The summed E-state index contributed by atoms with van der Waals surface area (Å²) < 4.78 is 5.67. The quantitative estimate of drug-likeness (QED) is 0.738. The molecule has 0 spiro atoms. The SMILES string of the molecule is CC(=O)Nc1cc(C(=O)NCc2ncc(-c3ccccc3)o2)ccc1C. The fourth-order valence-corrected chi connectivity index (χ4v) is 2.47. The summed E-state index contributed by atoms with van der Waals surface area (Å²) in [6, 6.07) is 14.8. The maximum absolute atomic E-state index is 12.4. The smallest absolute Gasteiger partial charge is 0.251 e. The number of nitrogens with one attached hydrogen (secondary N) is 2. The van der Waals surface area contributed by atoms with Crippen LogP contribution in [0, 0.1) is 6.92 Å². The Kier molecular flexibility index (Phi) is 5.12. The van der Waals surface area contributed by atoms with E-state index in [-0.39, 0.29) is 18.4 Å². The summed E-state index contributed by atoms with van der Waals surface area (Å²) in [6.07, 6.45) is 1.64. The van der Waals surface area contributed by atoms with Gasteiger partial charge in [-0.1, -0.05) is 36.4 Å². The van der Waals surface area contributed by atoms with Crippen LogP contribution >= 0.6 is 0 Å². The summed E-state index contributed by atoms with van der Waals surface area (Å²) in [5, 5.41) is 5.49. The lowest BCUT2D eigenvalue weighted by atomic mass is 10.1. The molecule has 3 aromatic rings. The lowest BCUT2D eigenvalue weighted by molar-refractivity contribution is -0.114. The number of hydrogen-bond donors (Lipinski definition) is 2. The molecule has 0 aliphatic carbocycles. The minimum absolute atomic E-state index is 0.176. The molecule has 2 N–H and O–H groups in total. The second kappa shape index (κ2) is 7.65. The number of hydrogen-bond acceptors (Lipinski definition) is 4. The summed E-state index contributed by atoms with van der Waals surface area (Å²) in [7, 11) is 0. The first kappa shape index (κ1) is 17.4. The molecular weight excluding hydrogens is 330 g/mol. The van der Waals surface area contributed by atoms with Crippen molar-refractivity contribution < 1.29 is 14.0 Å². The van der Waals surface area contributed by atoms with Crippen molar-refractivity contribution in [3.05, 3.63) is 71.7 Å². The maximum Gasteiger partial charge on any atom is 0.251 e. The summed E-state index contributed by atoms with van der Waals surface area (Å²) in [6.45, 7) is 3.47. The van der Waals surface area contributed by atoms with Gasteiger partial charge in [0.2, 0.25) is 11.8 Å². The van der Waals surface area contributed by atoms with E-state index in [1.807, 2.05) is 37.3 Å². The molecule has 0 aliphatic rings. The number of aryl methyl sites for hydroxylation is 1. The van der Waals surface area contributed by atoms with Gasteiger partial charge in [-0.25, -0.2) is 4.98 Å². The number of anilines is 1. The van der Waals surface area contributed by atoms with Gasteiger partial charge in [0.1, 0.15) is 0 Å². The molecule has 0 unspecified atom stereocenters. The van der Waals surface area contributed by atoms with Gasteiger partial charge in [0.15, 0.2) is 5.76 Å². The molecule has 2 amide bonds. The summed E-state index contributed by atoms with van der Waals surface area (Å²) in [4.78, 5) is 27.8. The lowest BCUT2D eigenvalue weighted by Crippen LogP contribution is -2.23. The Morgan fingerprint density at radius 2 is 1.88 bits per heavy atom. The molecule has 1 heterocycles. The molecule has 1 aromatic heterocycles. The van der Waals surface area contributed by atoms with Crippen LogP contribution in [0.25, 0.3) is 11.3 Å². The van der Waals surface area contributed by atoms with Crippen molar-refractivity contribution in [2.75, 3.05) is 5.32 Å². The number of carbonyl (C=O) groups is 2. The third kappa shape index (κ3) is 4.16. The zero-order valence-electron chi connectivity index (χ0n) is 14.6. The number of benzene rings is 2. The Morgan fingerprint density at radius 3 is 2.62 bits per heavy atom. The second-order valence-electron chi connectivity index (χ2n) is 5.88. The van der Waals surface area contributed by atoms with Crippen molar-refractivity contribution in [3.8, 4) is 11.3 Å². The number of oxazole rings is 1. The number of carbonyl (C=O) groups excluding carboxylic acids is 2. The molecule has 6 nitrogen and oxygen atoms in total. The van der Waals surface area contributed by atoms with Gasteiger partial charge in [-0.05, 0) is 24.6 Å². The van der Waals surface area contributed by atoms with Crippen molar-refractivity contribution in [2.45, 2.75) is 20.4 Å². The Labute approximate surface area is 151 Å². The van der Waals surface area contributed by atoms with E-state index in [9.17, 15) is 9.59 Å². The normalized spacial score (nSPS) is 10.4. The van der Waals surface area contributed by atoms with Gasteiger partial charge < -0.3 is 15.1 Å². The first-order valence-corrected chi connectivity index (χ1v) is 8.19. The third-order valence-corrected chi connectivity index (χ3v) is 3.82.